The normalized spacial score (nSPS) is 14.2. The standard InChI is InChI=1S/C18H42O3Si2/c1-8-10-12-13-14-15-17-19-22(4,5)21-23(6,7)20-18(3)16-11-9-2/h18H,8-17H2,1-7H3. The molecule has 0 fully saturated rings. The molecule has 0 bridgehead atoms. The van der Waals surface area contributed by atoms with Crippen LogP contribution in [0.2, 0.25) is 26.2 Å². The van der Waals surface area contributed by atoms with Gasteiger partial charge in [0, 0.05) is 12.7 Å². The molecule has 1 unspecified atom stereocenters. The summed E-state index contributed by atoms with van der Waals surface area (Å²) in [7, 11) is -4.18. The summed E-state index contributed by atoms with van der Waals surface area (Å²) in [5.74, 6) is 0. The molecule has 0 amide bonds. The zero-order valence-electron chi connectivity index (χ0n) is 16.9. The van der Waals surface area contributed by atoms with Crippen molar-refractivity contribution in [2.24, 2.45) is 0 Å². The molecule has 0 heterocycles. The van der Waals surface area contributed by atoms with Crippen LogP contribution in [0.25, 0.3) is 0 Å². The van der Waals surface area contributed by atoms with Crippen molar-refractivity contribution in [3.63, 3.8) is 0 Å². The quantitative estimate of drug-likeness (QED) is 0.250. The van der Waals surface area contributed by atoms with Gasteiger partial charge in [-0.2, -0.15) is 0 Å². The Morgan fingerprint density at radius 1 is 0.739 bits per heavy atom. The van der Waals surface area contributed by atoms with Crippen molar-refractivity contribution >= 4 is 17.1 Å². The Kier molecular flexibility index (Phi) is 12.8. The van der Waals surface area contributed by atoms with Gasteiger partial charge in [0.15, 0.2) is 0 Å². The third-order valence-electron chi connectivity index (χ3n) is 3.89. The van der Waals surface area contributed by atoms with Gasteiger partial charge in [-0.3, -0.25) is 0 Å². The number of unbranched alkanes of at least 4 members (excludes halogenated alkanes) is 6. The van der Waals surface area contributed by atoms with Crippen molar-refractivity contribution in [2.45, 2.75) is 111 Å². The second-order valence-electron chi connectivity index (χ2n) is 7.59. The highest BCUT2D eigenvalue weighted by molar-refractivity contribution is 6.78. The van der Waals surface area contributed by atoms with Crippen LogP contribution in [-0.2, 0) is 13.0 Å². The van der Waals surface area contributed by atoms with Gasteiger partial charge in [-0.1, -0.05) is 58.8 Å². The first-order valence-electron chi connectivity index (χ1n) is 9.74. The van der Waals surface area contributed by atoms with E-state index in [0.29, 0.717) is 6.10 Å². The third-order valence-corrected chi connectivity index (χ3v) is 9.69. The van der Waals surface area contributed by atoms with Gasteiger partial charge in [0.25, 0.3) is 0 Å². The second-order valence-corrected chi connectivity index (χ2v) is 14.5. The Morgan fingerprint density at radius 2 is 1.30 bits per heavy atom. The summed E-state index contributed by atoms with van der Waals surface area (Å²) < 4.78 is 18.7. The smallest absolute Gasteiger partial charge is 0.323 e. The van der Waals surface area contributed by atoms with E-state index >= 15 is 0 Å². The first-order chi connectivity index (χ1) is 10.7. The number of rotatable bonds is 15. The van der Waals surface area contributed by atoms with E-state index in [0.717, 1.165) is 19.4 Å². The van der Waals surface area contributed by atoms with E-state index in [9.17, 15) is 0 Å². The van der Waals surface area contributed by atoms with E-state index < -0.39 is 17.1 Å². The van der Waals surface area contributed by atoms with E-state index in [2.05, 4.69) is 47.0 Å². The van der Waals surface area contributed by atoms with E-state index in [1.807, 2.05) is 0 Å². The highest BCUT2D eigenvalue weighted by Crippen LogP contribution is 2.20. The van der Waals surface area contributed by atoms with Crippen LogP contribution in [0, 0.1) is 0 Å². The van der Waals surface area contributed by atoms with Crippen molar-refractivity contribution in [3.8, 4) is 0 Å². The molecule has 3 nitrogen and oxygen atoms in total. The SMILES string of the molecule is CCCCCCCCO[Si](C)(C)O[Si](C)(C)OC(C)CCCC. The van der Waals surface area contributed by atoms with Gasteiger partial charge in [-0.05, 0) is 46.0 Å². The van der Waals surface area contributed by atoms with Gasteiger partial charge < -0.3 is 13.0 Å². The highest BCUT2D eigenvalue weighted by Gasteiger charge is 2.37. The molecule has 0 radical (unpaired) electrons. The average Bonchev–Trinajstić information content (AvgIpc) is 2.42. The van der Waals surface area contributed by atoms with Crippen LogP contribution in [-0.4, -0.2) is 29.8 Å². The summed E-state index contributed by atoms with van der Waals surface area (Å²) in [6.07, 6.45) is 11.6. The van der Waals surface area contributed by atoms with Gasteiger partial charge in [0.05, 0.1) is 0 Å². The first-order valence-corrected chi connectivity index (χ1v) is 15.4. The van der Waals surface area contributed by atoms with E-state index in [4.69, 9.17) is 13.0 Å². The largest absolute Gasteiger partial charge is 0.415 e. The molecule has 1 atom stereocenters. The van der Waals surface area contributed by atoms with Gasteiger partial charge in [0.1, 0.15) is 0 Å². The Balaban J connectivity index is 3.98. The highest BCUT2D eigenvalue weighted by atomic mass is 28.5. The van der Waals surface area contributed by atoms with Gasteiger partial charge in [-0.25, -0.2) is 0 Å². The molecular weight excluding hydrogens is 320 g/mol. The summed E-state index contributed by atoms with van der Waals surface area (Å²) in [5.41, 5.74) is 0. The summed E-state index contributed by atoms with van der Waals surface area (Å²) in [6, 6.07) is 0. The molecule has 0 aliphatic heterocycles. The van der Waals surface area contributed by atoms with E-state index in [-0.39, 0.29) is 0 Å². The van der Waals surface area contributed by atoms with Crippen LogP contribution in [0.1, 0.15) is 78.6 Å². The van der Waals surface area contributed by atoms with Crippen molar-refractivity contribution < 1.29 is 13.0 Å². The molecule has 0 saturated heterocycles. The maximum atomic E-state index is 6.35. The molecule has 0 rings (SSSR count). The topological polar surface area (TPSA) is 27.7 Å². The Morgan fingerprint density at radius 3 is 1.91 bits per heavy atom. The summed E-state index contributed by atoms with van der Waals surface area (Å²) in [6.45, 7) is 16.1. The zero-order valence-corrected chi connectivity index (χ0v) is 18.9. The molecule has 0 aromatic heterocycles. The molecule has 0 aromatic carbocycles. The molecule has 140 valence electrons. The van der Waals surface area contributed by atoms with Crippen LogP contribution in [0.3, 0.4) is 0 Å². The monoisotopic (exact) mass is 362 g/mol. The van der Waals surface area contributed by atoms with Crippen molar-refractivity contribution in [3.05, 3.63) is 0 Å². The van der Waals surface area contributed by atoms with Crippen LogP contribution in [0.5, 0.6) is 0 Å². The zero-order chi connectivity index (χ0) is 17.8. The lowest BCUT2D eigenvalue weighted by molar-refractivity contribution is 0.142. The van der Waals surface area contributed by atoms with Crippen molar-refractivity contribution in [1.82, 2.24) is 0 Å². The lowest BCUT2D eigenvalue weighted by atomic mass is 10.1. The van der Waals surface area contributed by atoms with Gasteiger partial charge in [0.2, 0.25) is 0 Å². The first kappa shape index (κ1) is 23.3. The maximum Gasteiger partial charge on any atom is 0.323 e. The van der Waals surface area contributed by atoms with E-state index in [1.165, 1.54) is 44.9 Å². The third kappa shape index (κ3) is 14.4. The lowest BCUT2D eigenvalue weighted by Gasteiger charge is -2.34. The maximum absolute atomic E-state index is 6.35. The molecule has 0 aliphatic carbocycles. The fourth-order valence-corrected chi connectivity index (χ4v) is 9.77. The molecule has 0 spiro atoms. The Labute approximate surface area is 148 Å². The minimum absolute atomic E-state index is 0.292. The predicted molar refractivity (Wildman–Crippen MR) is 105 cm³/mol. The molecule has 0 N–H and O–H groups in total. The molecule has 23 heavy (non-hydrogen) atoms. The molecule has 0 saturated carbocycles. The predicted octanol–water partition coefficient (Wildman–Crippen LogP) is 6.38. The van der Waals surface area contributed by atoms with Gasteiger partial charge >= 0.3 is 17.1 Å². The fraction of sp³-hybridized carbons (Fsp3) is 1.00. The molecule has 0 aromatic rings. The number of hydrogen-bond acceptors (Lipinski definition) is 3. The second kappa shape index (κ2) is 12.6. The molecule has 5 heteroatoms. The minimum Gasteiger partial charge on any atom is -0.415 e. The van der Waals surface area contributed by atoms with Crippen LogP contribution >= 0.6 is 0 Å². The summed E-state index contributed by atoms with van der Waals surface area (Å²) >= 11 is 0. The average molecular weight is 363 g/mol. The molecular formula is C18H42O3Si2. The summed E-state index contributed by atoms with van der Waals surface area (Å²) in [5, 5.41) is 0. The molecule has 0 aliphatic rings. The lowest BCUT2D eigenvalue weighted by Crippen LogP contribution is -2.49. The fourth-order valence-electron chi connectivity index (χ4n) is 2.88. The Hall–Kier alpha value is 0.314. The van der Waals surface area contributed by atoms with Crippen LogP contribution in [0.15, 0.2) is 0 Å². The van der Waals surface area contributed by atoms with Crippen molar-refractivity contribution in [2.75, 3.05) is 6.61 Å². The number of hydrogen-bond donors (Lipinski definition) is 0. The van der Waals surface area contributed by atoms with Gasteiger partial charge in [-0.15, -0.1) is 0 Å². The van der Waals surface area contributed by atoms with Crippen molar-refractivity contribution in [1.29, 1.82) is 0 Å². The Bertz CT molecular complexity index is 283. The summed E-state index contributed by atoms with van der Waals surface area (Å²) in [4.78, 5) is 0. The van der Waals surface area contributed by atoms with E-state index in [1.54, 1.807) is 0 Å². The minimum atomic E-state index is -2.10. The van der Waals surface area contributed by atoms with Crippen LogP contribution < -0.4 is 0 Å². The van der Waals surface area contributed by atoms with Crippen LogP contribution in [0.4, 0.5) is 0 Å².